The van der Waals surface area contributed by atoms with Crippen LogP contribution in [-0.2, 0) is 0 Å². The van der Waals surface area contributed by atoms with Crippen LogP contribution in [0.15, 0.2) is 30.5 Å². The first-order valence-electron chi connectivity index (χ1n) is 6.29. The Labute approximate surface area is 102 Å². The molecule has 0 aliphatic heterocycles. The Kier molecular flexibility index (Phi) is 3.91. The van der Waals surface area contributed by atoms with Crippen molar-refractivity contribution in [3.05, 3.63) is 30.5 Å². The minimum Gasteiger partial charge on any atom is -0.368 e. The molecule has 0 amide bonds. The number of nitrogens with one attached hydrogen (secondary N) is 1. The number of anilines is 1. The molecule has 1 heterocycles. The molecule has 2 rings (SSSR count). The monoisotopic (exact) mass is 229 g/mol. The van der Waals surface area contributed by atoms with Gasteiger partial charge in [0.25, 0.3) is 0 Å². The van der Waals surface area contributed by atoms with Crippen molar-refractivity contribution in [3.8, 4) is 0 Å². The van der Waals surface area contributed by atoms with Gasteiger partial charge < -0.3 is 5.32 Å². The predicted molar refractivity (Wildman–Crippen MR) is 72.1 cm³/mol. The van der Waals surface area contributed by atoms with E-state index in [2.05, 4.69) is 41.5 Å². The molecule has 0 spiro atoms. The minimum absolute atomic E-state index is 0.704. The van der Waals surface area contributed by atoms with Crippen LogP contribution < -0.4 is 5.32 Å². The third kappa shape index (κ3) is 2.73. The van der Waals surface area contributed by atoms with Gasteiger partial charge in [0, 0.05) is 17.3 Å². The first kappa shape index (κ1) is 11.8. The Balaban J connectivity index is 2.18. The molecule has 90 valence electrons. The highest BCUT2D eigenvalue weighted by Crippen LogP contribution is 2.20. The van der Waals surface area contributed by atoms with Crippen molar-refractivity contribution in [1.29, 1.82) is 0 Å². The number of benzene rings is 1. The fourth-order valence-corrected chi connectivity index (χ4v) is 1.98. The number of hydrogen-bond donors (Lipinski definition) is 1. The Hall–Kier alpha value is -1.64. The van der Waals surface area contributed by atoms with Gasteiger partial charge in [0.05, 0.1) is 6.20 Å². The van der Waals surface area contributed by atoms with Gasteiger partial charge in [0.15, 0.2) is 5.82 Å². The van der Waals surface area contributed by atoms with Crippen LogP contribution in [0, 0.1) is 5.92 Å². The van der Waals surface area contributed by atoms with E-state index >= 15 is 0 Å². The zero-order chi connectivity index (χ0) is 12.1. The lowest BCUT2D eigenvalue weighted by Gasteiger charge is -2.14. The zero-order valence-corrected chi connectivity index (χ0v) is 10.5. The largest absolute Gasteiger partial charge is 0.368 e. The van der Waals surface area contributed by atoms with E-state index < -0.39 is 0 Å². The highest BCUT2D eigenvalue weighted by atomic mass is 15.2. The van der Waals surface area contributed by atoms with E-state index in [0.717, 1.165) is 23.1 Å². The molecule has 0 fully saturated rings. The minimum atomic E-state index is 0.704. The summed E-state index contributed by atoms with van der Waals surface area (Å²) in [6.07, 6.45) is 4.20. The van der Waals surface area contributed by atoms with Crippen LogP contribution in [-0.4, -0.2) is 16.7 Å². The second-order valence-electron chi connectivity index (χ2n) is 4.34. The summed E-state index contributed by atoms with van der Waals surface area (Å²) < 4.78 is 0. The summed E-state index contributed by atoms with van der Waals surface area (Å²) in [5, 5.41) is 13.9. The van der Waals surface area contributed by atoms with E-state index in [9.17, 15) is 0 Å². The average Bonchev–Trinajstić information content (AvgIpc) is 2.40. The molecule has 0 bridgehead atoms. The SMILES string of the molecule is CCC(CC)CNc1nncc2ccccc12. The Bertz CT molecular complexity index is 472. The molecule has 1 N–H and O–H groups in total. The standard InChI is InChI=1S/C14H19N3/c1-3-11(4-2)9-15-14-13-8-6-5-7-12(13)10-16-17-14/h5-8,10-11H,3-4,9H2,1-2H3,(H,15,17). The van der Waals surface area contributed by atoms with Crippen molar-refractivity contribution in [3.63, 3.8) is 0 Å². The molecule has 0 aliphatic rings. The summed E-state index contributed by atoms with van der Waals surface area (Å²) in [6.45, 7) is 5.42. The third-order valence-electron chi connectivity index (χ3n) is 3.28. The first-order chi connectivity index (χ1) is 8.35. The summed E-state index contributed by atoms with van der Waals surface area (Å²) in [5.74, 6) is 1.60. The van der Waals surface area contributed by atoms with Gasteiger partial charge in [-0.15, -0.1) is 5.10 Å². The van der Waals surface area contributed by atoms with Gasteiger partial charge >= 0.3 is 0 Å². The lowest BCUT2D eigenvalue weighted by atomic mass is 10.0. The van der Waals surface area contributed by atoms with Gasteiger partial charge in [0.1, 0.15) is 0 Å². The second kappa shape index (κ2) is 5.62. The highest BCUT2D eigenvalue weighted by molar-refractivity contribution is 5.90. The molecule has 3 heteroatoms. The maximum absolute atomic E-state index is 4.19. The van der Waals surface area contributed by atoms with Crippen LogP contribution >= 0.6 is 0 Å². The quantitative estimate of drug-likeness (QED) is 0.853. The Morgan fingerprint density at radius 1 is 1.18 bits per heavy atom. The molecule has 3 nitrogen and oxygen atoms in total. The van der Waals surface area contributed by atoms with Crippen molar-refractivity contribution in [1.82, 2.24) is 10.2 Å². The number of nitrogens with zero attached hydrogens (tertiary/aromatic N) is 2. The summed E-state index contributed by atoms with van der Waals surface area (Å²) in [7, 11) is 0. The smallest absolute Gasteiger partial charge is 0.156 e. The van der Waals surface area contributed by atoms with E-state index in [0.29, 0.717) is 5.92 Å². The first-order valence-corrected chi connectivity index (χ1v) is 6.29. The second-order valence-corrected chi connectivity index (χ2v) is 4.34. The fourth-order valence-electron chi connectivity index (χ4n) is 1.98. The van der Waals surface area contributed by atoms with Crippen molar-refractivity contribution in [2.45, 2.75) is 26.7 Å². The summed E-state index contributed by atoms with van der Waals surface area (Å²) in [6, 6.07) is 8.20. The molecule has 0 saturated carbocycles. The van der Waals surface area contributed by atoms with Crippen LogP contribution in [0.5, 0.6) is 0 Å². The molecule has 17 heavy (non-hydrogen) atoms. The van der Waals surface area contributed by atoms with E-state index in [1.54, 1.807) is 6.20 Å². The van der Waals surface area contributed by atoms with Gasteiger partial charge in [-0.05, 0) is 5.92 Å². The van der Waals surface area contributed by atoms with E-state index in [-0.39, 0.29) is 0 Å². The van der Waals surface area contributed by atoms with Crippen LogP contribution in [0.2, 0.25) is 0 Å². The Morgan fingerprint density at radius 2 is 1.94 bits per heavy atom. The number of fused-ring (bicyclic) bond motifs is 1. The molecule has 2 aromatic rings. The maximum Gasteiger partial charge on any atom is 0.156 e. The molecule has 1 aromatic carbocycles. The van der Waals surface area contributed by atoms with E-state index in [1.807, 2.05) is 12.1 Å². The molecule has 0 unspecified atom stereocenters. The maximum atomic E-state index is 4.19. The summed E-state index contributed by atoms with van der Waals surface area (Å²) >= 11 is 0. The molecular weight excluding hydrogens is 210 g/mol. The van der Waals surface area contributed by atoms with Crippen LogP contribution in [0.1, 0.15) is 26.7 Å². The predicted octanol–water partition coefficient (Wildman–Crippen LogP) is 3.48. The van der Waals surface area contributed by atoms with Crippen molar-refractivity contribution in [2.75, 3.05) is 11.9 Å². The van der Waals surface area contributed by atoms with Crippen LogP contribution in [0.25, 0.3) is 10.8 Å². The van der Waals surface area contributed by atoms with Gasteiger partial charge in [0.2, 0.25) is 0 Å². The molecule has 0 radical (unpaired) electrons. The van der Waals surface area contributed by atoms with Crippen molar-refractivity contribution in [2.24, 2.45) is 5.92 Å². The van der Waals surface area contributed by atoms with E-state index in [1.165, 1.54) is 12.8 Å². The van der Waals surface area contributed by atoms with Gasteiger partial charge in [-0.25, -0.2) is 0 Å². The van der Waals surface area contributed by atoms with Gasteiger partial charge in [-0.1, -0.05) is 51.0 Å². The number of aromatic nitrogens is 2. The zero-order valence-electron chi connectivity index (χ0n) is 10.5. The van der Waals surface area contributed by atoms with E-state index in [4.69, 9.17) is 0 Å². The molecule has 1 aromatic heterocycles. The van der Waals surface area contributed by atoms with Gasteiger partial charge in [-0.2, -0.15) is 5.10 Å². The third-order valence-corrected chi connectivity index (χ3v) is 3.28. The molecule has 0 atom stereocenters. The topological polar surface area (TPSA) is 37.8 Å². The van der Waals surface area contributed by atoms with Crippen LogP contribution in [0.3, 0.4) is 0 Å². The fraction of sp³-hybridized carbons (Fsp3) is 0.429. The molecule has 0 aliphatic carbocycles. The van der Waals surface area contributed by atoms with Gasteiger partial charge in [-0.3, -0.25) is 0 Å². The Morgan fingerprint density at radius 3 is 2.71 bits per heavy atom. The molecule has 0 saturated heterocycles. The normalized spacial score (nSPS) is 11.0. The van der Waals surface area contributed by atoms with Crippen molar-refractivity contribution >= 4 is 16.6 Å². The number of rotatable bonds is 5. The summed E-state index contributed by atoms with van der Waals surface area (Å²) in [4.78, 5) is 0. The van der Waals surface area contributed by atoms with Crippen LogP contribution in [0.4, 0.5) is 5.82 Å². The highest BCUT2D eigenvalue weighted by Gasteiger charge is 2.06. The number of hydrogen-bond acceptors (Lipinski definition) is 3. The lowest BCUT2D eigenvalue weighted by molar-refractivity contribution is 0.518. The average molecular weight is 229 g/mol. The summed E-state index contributed by atoms with van der Waals surface area (Å²) in [5.41, 5.74) is 0. The molecular formula is C14H19N3. The van der Waals surface area contributed by atoms with Crippen molar-refractivity contribution < 1.29 is 0 Å². The lowest BCUT2D eigenvalue weighted by Crippen LogP contribution is -2.14.